The number of carbonyl (C=O) groups is 1. The number of anilines is 2. The third-order valence-electron chi connectivity index (χ3n) is 4.20. The third-order valence-corrected chi connectivity index (χ3v) is 6.73. The molecule has 3 aromatic rings. The summed E-state index contributed by atoms with van der Waals surface area (Å²) in [6.07, 6.45) is 2.30. The molecule has 1 amide bonds. The Morgan fingerprint density at radius 2 is 2.00 bits per heavy atom. The molecule has 10 heteroatoms. The fraction of sp³-hybridized carbons (Fsp3) is 0.167. The molecule has 0 aliphatic heterocycles. The number of primary amides is 1. The number of fused-ring (bicyclic) bond motifs is 1. The van der Waals surface area contributed by atoms with Crippen molar-refractivity contribution in [3.63, 3.8) is 0 Å². The van der Waals surface area contributed by atoms with Crippen molar-refractivity contribution >= 4 is 65.8 Å². The number of hydrogen-bond acceptors (Lipinski definition) is 5. The van der Waals surface area contributed by atoms with Gasteiger partial charge >= 0.3 is 0 Å². The average Bonchev–Trinajstić information content (AvgIpc) is 2.99. The van der Waals surface area contributed by atoms with E-state index in [9.17, 15) is 18.3 Å². The van der Waals surface area contributed by atoms with Gasteiger partial charge in [0.25, 0.3) is 5.91 Å². The van der Waals surface area contributed by atoms with Crippen LogP contribution in [0.5, 0.6) is 0 Å². The number of halogens is 2. The number of aliphatic hydroxyl groups is 1. The van der Waals surface area contributed by atoms with Crippen LogP contribution in [0.25, 0.3) is 11.0 Å². The Morgan fingerprint density at radius 3 is 2.57 bits per heavy atom. The van der Waals surface area contributed by atoms with Gasteiger partial charge in [-0.2, -0.15) is 0 Å². The molecule has 0 saturated carbocycles. The summed E-state index contributed by atoms with van der Waals surface area (Å²) in [5.41, 5.74) is 7.46. The Morgan fingerprint density at radius 1 is 1.32 bits per heavy atom. The molecule has 0 aliphatic carbocycles. The Labute approximate surface area is 174 Å². The van der Waals surface area contributed by atoms with E-state index < -0.39 is 15.9 Å². The predicted molar refractivity (Wildman–Crippen MR) is 112 cm³/mol. The molecule has 0 atom stereocenters. The van der Waals surface area contributed by atoms with Crippen LogP contribution in [0.1, 0.15) is 21.5 Å². The van der Waals surface area contributed by atoms with E-state index in [2.05, 4.69) is 15.9 Å². The van der Waals surface area contributed by atoms with Gasteiger partial charge in [0.1, 0.15) is 11.8 Å². The zero-order valence-corrected chi connectivity index (χ0v) is 18.0. The van der Waals surface area contributed by atoms with Gasteiger partial charge in [0.2, 0.25) is 10.0 Å². The highest BCUT2D eigenvalue weighted by Crippen LogP contribution is 2.39. The maximum atomic E-state index is 12.6. The molecule has 148 valence electrons. The van der Waals surface area contributed by atoms with Crippen LogP contribution in [0, 0.1) is 6.92 Å². The van der Waals surface area contributed by atoms with Crippen LogP contribution >= 0.6 is 27.5 Å². The summed E-state index contributed by atoms with van der Waals surface area (Å²) >= 11 is 9.48. The summed E-state index contributed by atoms with van der Waals surface area (Å²) in [6, 6.07) is 6.16. The molecule has 0 radical (unpaired) electrons. The molecule has 7 nitrogen and oxygen atoms in total. The van der Waals surface area contributed by atoms with Crippen LogP contribution in [0.2, 0.25) is 5.02 Å². The second kappa shape index (κ2) is 7.40. The van der Waals surface area contributed by atoms with Crippen LogP contribution < -0.4 is 10.0 Å². The van der Waals surface area contributed by atoms with Gasteiger partial charge in [0.15, 0.2) is 0 Å². The molecule has 0 fully saturated rings. The fourth-order valence-electron chi connectivity index (χ4n) is 2.95. The van der Waals surface area contributed by atoms with E-state index in [4.69, 9.17) is 21.8 Å². The summed E-state index contributed by atoms with van der Waals surface area (Å²) in [6.45, 7) is 1.38. The normalized spacial score (nSPS) is 11.8. The minimum Gasteiger partial charge on any atom is -0.463 e. The lowest BCUT2D eigenvalue weighted by Crippen LogP contribution is -2.25. The average molecular weight is 488 g/mol. The van der Waals surface area contributed by atoms with Crippen molar-refractivity contribution < 1.29 is 22.7 Å². The molecule has 0 aliphatic rings. The molecule has 1 aromatic heterocycles. The van der Waals surface area contributed by atoms with Gasteiger partial charge in [-0.05, 0) is 52.2 Å². The molecular formula is C18H16BrClN2O5S. The summed E-state index contributed by atoms with van der Waals surface area (Å²) in [5, 5.41) is 10.3. The number of benzene rings is 2. The van der Waals surface area contributed by atoms with Gasteiger partial charge in [-0.25, -0.2) is 12.7 Å². The fourth-order valence-corrected chi connectivity index (χ4v) is 4.58. The van der Waals surface area contributed by atoms with Crippen LogP contribution in [-0.4, -0.2) is 25.7 Å². The van der Waals surface area contributed by atoms with Crippen LogP contribution in [0.15, 0.2) is 39.4 Å². The molecule has 0 saturated heterocycles. The molecule has 0 spiro atoms. The molecule has 2 aromatic carbocycles. The van der Waals surface area contributed by atoms with Gasteiger partial charge in [0, 0.05) is 15.9 Å². The smallest absolute Gasteiger partial charge is 0.252 e. The zero-order chi connectivity index (χ0) is 20.8. The van der Waals surface area contributed by atoms with Gasteiger partial charge < -0.3 is 15.3 Å². The van der Waals surface area contributed by atoms with Gasteiger partial charge in [-0.3, -0.25) is 4.79 Å². The van der Waals surface area contributed by atoms with Crippen LogP contribution in [0.4, 0.5) is 11.4 Å². The van der Waals surface area contributed by atoms with Crippen LogP contribution in [0.3, 0.4) is 0 Å². The number of aliphatic hydroxyl groups excluding tert-OH is 1. The van der Waals surface area contributed by atoms with E-state index in [0.29, 0.717) is 32.3 Å². The van der Waals surface area contributed by atoms with E-state index in [1.165, 1.54) is 24.5 Å². The first kappa shape index (κ1) is 20.7. The van der Waals surface area contributed by atoms with Crippen molar-refractivity contribution in [2.45, 2.75) is 13.5 Å². The number of nitrogens with zero attached hydrogens (tertiary/aromatic N) is 1. The molecule has 3 N–H and O–H groups in total. The van der Waals surface area contributed by atoms with Crippen molar-refractivity contribution in [1.29, 1.82) is 0 Å². The summed E-state index contributed by atoms with van der Waals surface area (Å²) in [5.74, 6) is -0.641. The molecule has 0 unspecified atom stereocenters. The van der Waals surface area contributed by atoms with E-state index in [1.807, 2.05) is 0 Å². The van der Waals surface area contributed by atoms with Gasteiger partial charge in [0.05, 0.1) is 34.8 Å². The molecule has 3 rings (SSSR count). The number of rotatable bonds is 5. The largest absolute Gasteiger partial charge is 0.463 e. The Hall–Kier alpha value is -2.07. The standard InChI is InChI=1S/C18H16BrClN2O5S/c1-9-3-12-13(18(21)24)8-27-16(12)6-15(9)22(28(2,25)26)11-4-10(7-23)17(19)14(20)5-11/h3-6,8,23H,7H2,1-2H3,(H2,21,24). The van der Waals surface area contributed by atoms with E-state index >= 15 is 0 Å². The minimum atomic E-state index is -3.78. The number of sulfonamides is 1. The highest BCUT2D eigenvalue weighted by Gasteiger charge is 2.25. The van der Waals surface area contributed by atoms with E-state index in [1.54, 1.807) is 13.0 Å². The Kier molecular flexibility index (Phi) is 5.46. The highest BCUT2D eigenvalue weighted by atomic mass is 79.9. The molecule has 28 heavy (non-hydrogen) atoms. The van der Waals surface area contributed by atoms with Crippen molar-refractivity contribution in [3.05, 3.63) is 56.7 Å². The van der Waals surface area contributed by atoms with Gasteiger partial charge in [-0.1, -0.05) is 11.6 Å². The first-order chi connectivity index (χ1) is 13.0. The van der Waals surface area contributed by atoms with Crippen molar-refractivity contribution in [2.24, 2.45) is 5.73 Å². The number of furan rings is 1. The second-order valence-corrected chi connectivity index (χ2v) is 9.27. The number of carbonyl (C=O) groups excluding carboxylic acids is 1. The van der Waals surface area contributed by atoms with Gasteiger partial charge in [-0.15, -0.1) is 0 Å². The first-order valence-corrected chi connectivity index (χ1v) is 11.0. The first-order valence-electron chi connectivity index (χ1n) is 7.95. The quantitative estimate of drug-likeness (QED) is 0.567. The van der Waals surface area contributed by atoms with Crippen LogP contribution in [-0.2, 0) is 16.6 Å². The number of amides is 1. The molecule has 0 bridgehead atoms. The lowest BCUT2D eigenvalue weighted by molar-refractivity contribution is 0.100. The minimum absolute atomic E-state index is 0.213. The highest BCUT2D eigenvalue weighted by molar-refractivity contribution is 9.10. The zero-order valence-electron chi connectivity index (χ0n) is 14.9. The Balaban J connectivity index is 2.29. The SMILES string of the molecule is Cc1cc2c(C(N)=O)coc2cc1N(c1cc(Cl)c(Br)c(CO)c1)S(C)(=O)=O. The maximum absolute atomic E-state index is 12.6. The summed E-state index contributed by atoms with van der Waals surface area (Å²) in [4.78, 5) is 11.5. The monoisotopic (exact) mass is 486 g/mol. The van der Waals surface area contributed by atoms with E-state index in [0.717, 1.165) is 10.6 Å². The summed E-state index contributed by atoms with van der Waals surface area (Å²) in [7, 11) is -3.78. The number of aryl methyl sites for hydroxylation is 1. The third kappa shape index (κ3) is 3.62. The summed E-state index contributed by atoms with van der Waals surface area (Å²) < 4.78 is 32.3. The lowest BCUT2D eigenvalue weighted by Gasteiger charge is -2.25. The van der Waals surface area contributed by atoms with E-state index in [-0.39, 0.29) is 22.9 Å². The lowest BCUT2D eigenvalue weighted by atomic mass is 10.1. The maximum Gasteiger partial charge on any atom is 0.252 e. The number of nitrogens with two attached hydrogens (primary N) is 1. The van der Waals surface area contributed by atoms with Crippen molar-refractivity contribution in [3.8, 4) is 0 Å². The number of hydrogen-bond donors (Lipinski definition) is 2. The van der Waals surface area contributed by atoms with Crippen molar-refractivity contribution in [2.75, 3.05) is 10.6 Å². The Bertz CT molecular complexity index is 1210. The molecule has 1 heterocycles. The molecular weight excluding hydrogens is 472 g/mol. The predicted octanol–water partition coefficient (Wildman–Crippen LogP) is 3.85. The topological polar surface area (TPSA) is 114 Å². The second-order valence-electron chi connectivity index (χ2n) is 6.23. The van der Waals surface area contributed by atoms with Crippen molar-refractivity contribution in [1.82, 2.24) is 0 Å².